The lowest BCUT2D eigenvalue weighted by Gasteiger charge is -2.10. The summed E-state index contributed by atoms with van der Waals surface area (Å²) in [6.07, 6.45) is 3.21. The van der Waals surface area contributed by atoms with Gasteiger partial charge in [0.25, 0.3) is 0 Å². The van der Waals surface area contributed by atoms with E-state index < -0.39 is 0 Å². The Morgan fingerprint density at radius 1 is 1.32 bits per heavy atom. The number of pyridine rings is 1. The summed E-state index contributed by atoms with van der Waals surface area (Å²) in [6, 6.07) is 10.6. The molecule has 1 aromatic carbocycles. The molecule has 0 aliphatic carbocycles. The van der Waals surface area contributed by atoms with E-state index in [1.54, 1.807) is 36.5 Å². The number of ether oxygens (including phenoxy) is 2. The Morgan fingerprint density at radius 2 is 2.14 bits per heavy atom. The van der Waals surface area contributed by atoms with Gasteiger partial charge in [-0.25, -0.2) is 0 Å². The molecule has 22 heavy (non-hydrogen) atoms. The van der Waals surface area contributed by atoms with Gasteiger partial charge in [0.1, 0.15) is 6.07 Å². The van der Waals surface area contributed by atoms with Crippen molar-refractivity contribution >= 4 is 17.3 Å². The van der Waals surface area contributed by atoms with Gasteiger partial charge in [-0.2, -0.15) is 5.26 Å². The Hall–Kier alpha value is -3.20. The van der Waals surface area contributed by atoms with E-state index in [0.717, 1.165) is 0 Å². The predicted octanol–water partition coefficient (Wildman–Crippen LogP) is 3.56. The van der Waals surface area contributed by atoms with Crippen LogP contribution in [0.2, 0.25) is 0 Å². The number of rotatable bonds is 5. The standard InChI is InChI=1S/C16H13N3O3/c1-21-15-9-11(8-14(19-20)16(15)22-2)7-12(10-17)13-5-3-4-6-18-13/h3-9H,1-2H3/b12-7+. The molecule has 1 aromatic heterocycles. The molecule has 0 aliphatic heterocycles. The molecule has 1 heterocycles. The Labute approximate surface area is 127 Å². The number of aromatic nitrogens is 1. The summed E-state index contributed by atoms with van der Waals surface area (Å²) in [5.74, 6) is 0.621. The first-order valence-electron chi connectivity index (χ1n) is 6.36. The van der Waals surface area contributed by atoms with Crippen molar-refractivity contribution in [1.29, 1.82) is 5.26 Å². The fourth-order valence-corrected chi connectivity index (χ4v) is 1.97. The first-order valence-corrected chi connectivity index (χ1v) is 6.36. The average molecular weight is 295 g/mol. The van der Waals surface area contributed by atoms with Crippen molar-refractivity contribution in [3.8, 4) is 17.6 Å². The van der Waals surface area contributed by atoms with Crippen molar-refractivity contribution in [2.24, 2.45) is 5.18 Å². The quantitative estimate of drug-likeness (QED) is 0.622. The molecule has 0 atom stereocenters. The van der Waals surface area contributed by atoms with E-state index in [9.17, 15) is 10.2 Å². The van der Waals surface area contributed by atoms with Crippen LogP contribution in [0.3, 0.4) is 0 Å². The monoisotopic (exact) mass is 295 g/mol. The summed E-state index contributed by atoms with van der Waals surface area (Å²) >= 11 is 0. The smallest absolute Gasteiger partial charge is 0.190 e. The molecule has 0 saturated heterocycles. The van der Waals surface area contributed by atoms with Gasteiger partial charge in [0.2, 0.25) is 0 Å². The van der Waals surface area contributed by atoms with Gasteiger partial charge in [0.15, 0.2) is 17.2 Å². The molecule has 2 rings (SSSR count). The molecule has 0 bridgehead atoms. The van der Waals surface area contributed by atoms with Crippen molar-refractivity contribution in [3.63, 3.8) is 0 Å². The second kappa shape index (κ2) is 6.99. The molecule has 0 amide bonds. The molecule has 110 valence electrons. The first-order chi connectivity index (χ1) is 10.7. The minimum atomic E-state index is 0.103. The summed E-state index contributed by atoms with van der Waals surface area (Å²) in [7, 11) is 2.89. The topological polar surface area (TPSA) is 84.6 Å². The van der Waals surface area contributed by atoms with Gasteiger partial charge in [-0.1, -0.05) is 6.07 Å². The number of hydrogen-bond acceptors (Lipinski definition) is 6. The number of allylic oxidation sites excluding steroid dienone is 1. The highest BCUT2D eigenvalue weighted by atomic mass is 16.5. The van der Waals surface area contributed by atoms with Crippen LogP contribution in [0.4, 0.5) is 5.69 Å². The maximum Gasteiger partial charge on any atom is 0.190 e. The minimum Gasteiger partial charge on any atom is -0.493 e. The van der Waals surface area contributed by atoms with Gasteiger partial charge in [-0.15, -0.1) is 4.91 Å². The molecule has 0 spiro atoms. The maximum atomic E-state index is 10.9. The van der Waals surface area contributed by atoms with Gasteiger partial charge in [0.05, 0.1) is 25.5 Å². The van der Waals surface area contributed by atoms with E-state index in [4.69, 9.17) is 9.47 Å². The fraction of sp³-hybridized carbons (Fsp3) is 0.125. The summed E-state index contributed by atoms with van der Waals surface area (Å²) in [4.78, 5) is 15.1. The minimum absolute atomic E-state index is 0.103. The van der Waals surface area contributed by atoms with Crippen molar-refractivity contribution < 1.29 is 9.47 Å². The van der Waals surface area contributed by atoms with Crippen molar-refractivity contribution in [2.75, 3.05) is 14.2 Å². The molecule has 6 heteroatoms. The molecule has 0 N–H and O–H groups in total. The first kappa shape index (κ1) is 15.2. The van der Waals surface area contributed by atoms with E-state index in [2.05, 4.69) is 16.2 Å². The van der Waals surface area contributed by atoms with Crippen LogP contribution in [0.1, 0.15) is 11.3 Å². The Balaban J connectivity index is 2.55. The lowest BCUT2D eigenvalue weighted by Crippen LogP contribution is -1.92. The highest BCUT2D eigenvalue weighted by Gasteiger charge is 2.13. The molecule has 0 fully saturated rings. The normalized spacial score (nSPS) is 10.7. The second-order valence-electron chi connectivity index (χ2n) is 4.25. The molecule has 2 aromatic rings. The third-order valence-electron chi connectivity index (χ3n) is 2.95. The van der Waals surface area contributed by atoms with Crippen LogP contribution in [0.25, 0.3) is 11.6 Å². The summed E-state index contributed by atoms with van der Waals surface area (Å²) in [5.41, 5.74) is 1.60. The number of nitroso groups, excluding NO2 is 1. The van der Waals surface area contributed by atoms with Gasteiger partial charge < -0.3 is 9.47 Å². The second-order valence-corrected chi connectivity index (χ2v) is 4.25. The third-order valence-corrected chi connectivity index (χ3v) is 2.95. The molecule has 6 nitrogen and oxygen atoms in total. The zero-order chi connectivity index (χ0) is 15.9. The molecular weight excluding hydrogens is 282 g/mol. The largest absolute Gasteiger partial charge is 0.493 e. The Bertz CT molecular complexity index is 749. The van der Waals surface area contributed by atoms with E-state index >= 15 is 0 Å². The Kier molecular flexibility index (Phi) is 4.83. The van der Waals surface area contributed by atoms with Crippen LogP contribution >= 0.6 is 0 Å². The molecule has 0 aliphatic rings. The molecule has 0 unspecified atom stereocenters. The van der Waals surface area contributed by atoms with E-state index in [1.165, 1.54) is 20.3 Å². The van der Waals surface area contributed by atoms with Crippen molar-refractivity contribution in [1.82, 2.24) is 4.98 Å². The van der Waals surface area contributed by atoms with Crippen LogP contribution in [-0.2, 0) is 0 Å². The van der Waals surface area contributed by atoms with Gasteiger partial charge in [-0.05, 0) is 41.1 Å². The number of nitrogens with zero attached hydrogens (tertiary/aromatic N) is 3. The van der Waals surface area contributed by atoms with Crippen LogP contribution in [0, 0.1) is 16.2 Å². The maximum absolute atomic E-state index is 10.9. The van der Waals surface area contributed by atoms with Crippen molar-refractivity contribution in [2.45, 2.75) is 0 Å². The highest BCUT2D eigenvalue weighted by Crippen LogP contribution is 2.39. The average Bonchev–Trinajstić information content (AvgIpc) is 2.59. The van der Waals surface area contributed by atoms with Gasteiger partial charge >= 0.3 is 0 Å². The number of benzene rings is 1. The van der Waals surface area contributed by atoms with Crippen LogP contribution < -0.4 is 9.47 Å². The van der Waals surface area contributed by atoms with E-state index in [1.807, 2.05) is 0 Å². The third kappa shape index (κ3) is 3.10. The van der Waals surface area contributed by atoms with Crippen LogP contribution in [0.5, 0.6) is 11.5 Å². The number of nitriles is 1. The lowest BCUT2D eigenvalue weighted by molar-refractivity contribution is 0.356. The van der Waals surface area contributed by atoms with Crippen LogP contribution in [0.15, 0.2) is 41.7 Å². The molecule has 0 saturated carbocycles. The van der Waals surface area contributed by atoms with Gasteiger partial charge in [0, 0.05) is 6.20 Å². The summed E-state index contributed by atoms with van der Waals surface area (Å²) in [6.45, 7) is 0. The zero-order valence-electron chi connectivity index (χ0n) is 12.1. The van der Waals surface area contributed by atoms with Gasteiger partial charge in [-0.3, -0.25) is 4.98 Å². The molecule has 0 radical (unpaired) electrons. The predicted molar refractivity (Wildman–Crippen MR) is 82.7 cm³/mol. The number of methoxy groups -OCH3 is 2. The van der Waals surface area contributed by atoms with E-state index in [0.29, 0.717) is 22.6 Å². The Morgan fingerprint density at radius 3 is 2.68 bits per heavy atom. The number of hydrogen-bond donors (Lipinski definition) is 0. The fourth-order valence-electron chi connectivity index (χ4n) is 1.97. The lowest BCUT2D eigenvalue weighted by atomic mass is 10.1. The van der Waals surface area contributed by atoms with Crippen molar-refractivity contribution in [3.05, 3.63) is 52.7 Å². The zero-order valence-corrected chi connectivity index (χ0v) is 12.1. The highest BCUT2D eigenvalue weighted by molar-refractivity contribution is 5.89. The van der Waals surface area contributed by atoms with Crippen LogP contribution in [-0.4, -0.2) is 19.2 Å². The van der Waals surface area contributed by atoms with E-state index in [-0.39, 0.29) is 11.4 Å². The summed E-state index contributed by atoms with van der Waals surface area (Å²) in [5, 5.41) is 12.2. The summed E-state index contributed by atoms with van der Waals surface area (Å²) < 4.78 is 10.3. The SMILES string of the molecule is COc1cc(/C=C(\C#N)c2ccccn2)cc(N=O)c1OC. The molecular formula is C16H13N3O3.